The van der Waals surface area contributed by atoms with Crippen LogP contribution in [0.5, 0.6) is 0 Å². The van der Waals surface area contributed by atoms with Gasteiger partial charge in [0.15, 0.2) is 5.96 Å². The molecule has 1 aliphatic rings. The first-order valence-electron chi connectivity index (χ1n) is 25.4. The molecule has 11 N–H and O–H groups in total. The van der Waals surface area contributed by atoms with Gasteiger partial charge in [-0.05, 0) is 42.9 Å². The maximum absolute atomic E-state index is 13.4. The molecule has 1 heterocycles. The minimum atomic E-state index is -1.50. The van der Waals surface area contributed by atoms with Crippen molar-refractivity contribution in [1.29, 1.82) is 5.41 Å². The summed E-state index contributed by atoms with van der Waals surface area (Å²) in [6.45, 7) is 8.13. The van der Waals surface area contributed by atoms with E-state index in [9.17, 15) is 43.5 Å². The van der Waals surface area contributed by atoms with Crippen molar-refractivity contribution in [2.75, 3.05) is 144 Å². The third-order valence-corrected chi connectivity index (χ3v) is 10.5. The van der Waals surface area contributed by atoms with Crippen LogP contribution in [0.2, 0.25) is 0 Å². The Morgan fingerprint density at radius 2 is 1.14 bits per heavy atom. The number of carbonyl (C=O) groups is 8. The summed E-state index contributed by atoms with van der Waals surface area (Å²) < 4.78 is 48.1. The second kappa shape index (κ2) is 41.8. The number of nitrogens with zero attached hydrogens (tertiary/aromatic N) is 1. The largest absolute Gasteiger partial charge is 0.445 e. The van der Waals surface area contributed by atoms with Crippen LogP contribution in [0.15, 0.2) is 36.4 Å². The molecule has 1 aromatic rings. The lowest BCUT2D eigenvalue weighted by Crippen LogP contribution is -2.56. The second-order valence-electron chi connectivity index (χ2n) is 17.2. The number of aliphatic hydroxyl groups is 1. The SMILES string of the molecule is COCCOCCOCCOCCOCCOCCOCCOCCC(=O)N[C@@H](CC(C)C)C(=O)N[C@@H](CO)C(=O)NCC(=O)N[C@@H](CCCNC(=N)N)C(=O)Nc1ccc(COC(=O)NCCN2C(=O)C=CC2=O)cc1. The zero-order valence-electron chi connectivity index (χ0n) is 44.4. The monoisotopic (exact) mass is 1100 g/mol. The van der Waals surface area contributed by atoms with Crippen molar-refractivity contribution in [2.24, 2.45) is 11.7 Å². The predicted octanol–water partition coefficient (Wildman–Crippen LogP) is -2.20. The smallest absolute Gasteiger partial charge is 0.407 e. The van der Waals surface area contributed by atoms with Gasteiger partial charge in [0.05, 0.1) is 112 Å². The molecule has 1 aromatic carbocycles. The number of ether oxygens (including phenoxy) is 9. The Morgan fingerprint density at radius 1 is 0.623 bits per heavy atom. The fraction of sp³-hybridized carbons (Fsp3) is 0.653. The Morgan fingerprint density at radius 3 is 1.65 bits per heavy atom. The van der Waals surface area contributed by atoms with Crippen LogP contribution < -0.4 is 43.0 Å². The van der Waals surface area contributed by atoms with Crippen LogP contribution in [0.3, 0.4) is 0 Å². The number of anilines is 1. The summed E-state index contributed by atoms with van der Waals surface area (Å²) in [6.07, 6.45) is 2.01. The summed E-state index contributed by atoms with van der Waals surface area (Å²) in [6, 6.07) is 2.57. The Labute approximate surface area is 448 Å². The van der Waals surface area contributed by atoms with E-state index in [1.807, 2.05) is 13.8 Å². The molecule has 0 spiro atoms. The van der Waals surface area contributed by atoms with Gasteiger partial charge in [-0.3, -0.25) is 43.9 Å². The Bertz CT molecular complexity index is 1950. The third-order valence-electron chi connectivity index (χ3n) is 10.5. The minimum absolute atomic E-state index is 0.0135. The van der Waals surface area contributed by atoms with Gasteiger partial charge in [0.25, 0.3) is 11.8 Å². The molecular formula is C49H80N10O18. The number of methoxy groups -OCH3 is 1. The average molecular weight is 1100 g/mol. The van der Waals surface area contributed by atoms with Crippen molar-refractivity contribution in [3.63, 3.8) is 0 Å². The molecule has 0 unspecified atom stereocenters. The summed E-state index contributed by atoms with van der Waals surface area (Å²) in [4.78, 5) is 102. The highest BCUT2D eigenvalue weighted by Crippen LogP contribution is 2.13. The first-order chi connectivity index (χ1) is 37.1. The molecule has 0 fully saturated rings. The van der Waals surface area contributed by atoms with E-state index < -0.39 is 78.7 Å². The molecule has 3 atom stereocenters. The lowest BCUT2D eigenvalue weighted by molar-refractivity contribution is -0.136. The second-order valence-corrected chi connectivity index (χ2v) is 17.2. The first-order valence-corrected chi connectivity index (χ1v) is 25.4. The number of hydrogen-bond donors (Lipinski definition) is 10. The van der Waals surface area contributed by atoms with Crippen molar-refractivity contribution in [3.8, 4) is 0 Å². The molecule has 77 heavy (non-hydrogen) atoms. The molecule has 0 saturated heterocycles. The minimum Gasteiger partial charge on any atom is -0.445 e. The summed E-state index contributed by atoms with van der Waals surface area (Å²) >= 11 is 0. The van der Waals surface area contributed by atoms with Gasteiger partial charge in [0.2, 0.25) is 29.5 Å². The predicted molar refractivity (Wildman–Crippen MR) is 276 cm³/mol. The van der Waals surface area contributed by atoms with Crippen LogP contribution in [-0.2, 0) is 82.8 Å². The number of amides is 8. The quantitative estimate of drug-likeness (QED) is 0.0143. The average Bonchev–Trinajstić information content (AvgIpc) is 3.72. The van der Waals surface area contributed by atoms with Gasteiger partial charge >= 0.3 is 6.09 Å². The number of nitrogens with one attached hydrogen (secondary N) is 8. The zero-order chi connectivity index (χ0) is 56.5. The number of hydrogen-bond acceptors (Lipinski definition) is 19. The van der Waals surface area contributed by atoms with Crippen LogP contribution in [0.4, 0.5) is 10.5 Å². The number of nitrogens with two attached hydrogens (primary N) is 1. The zero-order valence-corrected chi connectivity index (χ0v) is 44.4. The lowest BCUT2D eigenvalue weighted by atomic mass is 10.0. The molecule has 1 aliphatic heterocycles. The molecule has 28 nitrogen and oxygen atoms in total. The molecule has 0 radical (unpaired) electrons. The number of guanidine groups is 1. The molecule has 0 bridgehead atoms. The van der Waals surface area contributed by atoms with Crippen molar-refractivity contribution < 1.29 is 86.1 Å². The molecule has 434 valence electrons. The number of aliphatic hydroxyl groups excluding tert-OH is 1. The highest BCUT2D eigenvalue weighted by molar-refractivity contribution is 6.12. The van der Waals surface area contributed by atoms with Crippen LogP contribution >= 0.6 is 0 Å². The highest BCUT2D eigenvalue weighted by atomic mass is 16.6. The Kier molecular flexibility index (Phi) is 36.2. The Balaban J connectivity index is 1.69. The number of carbonyl (C=O) groups excluding carboxylic acids is 8. The van der Waals surface area contributed by atoms with E-state index in [0.29, 0.717) is 97.0 Å². The Hall–Kier alpha value is -6.37. The van der Waals surface area contributed by atoms with Crippen LogP contribution in [-0.4, -0.2) is 221 Å². The standard InChI is InChI=1S/C49H80N10O18/c1-35(2)31-39(57-41(61)12-16-70-19-20-72-23-24-74-27-28-76-30-29-75-26-25-73-22-21-71-18-17-69-3)47(67)58-40(33-60)45(65)54-32-42(62)56-38(5-4-13-52-48(50)51)46(66)55-37-8-6-36(7-9-37)34-77-49(68)53-14-15-59-43(63)10-11-44(59)64/h6-11,35,38-40,60H,4-5,12-34H2,1-3H3,(H,53,68)(H,54,65)(H,55,66)(H,56,62)(H,57,61)(H,58,67)(H4,50,51,52)/t38-,39-,40-/m0/s1. The summed E-state index contributed by atoms with van der Waals surface area (Å²) in [5, 5.41) is 35.2. The van der Waals surface area contributed by atoms with E-state index in [4.69, 9.17) is 53.8 Å². The van der Waals surface area contributed by atoms with Gasteiger partial charge in [-0.2, -0.15) is 0 Å². The lowest BCUT2D eigenvalue weighted by Gasteiger charge is -2.23. The van der Waals surface area contributed by atoms with Gasteiger partial charge in [0, 0.05) is 51.0 Å². The van der Waals surface area contributed by atoms with E-state index >= 15 is 0 Å². The van der Waals surface area contributed by atoms with Crippen LogP contribution in [0.25, 0.3) is 0 Å². The van der Waals surface area contributed by atoms with Crippen molar-refractivity contribution in [2.45, 2.75) is 64.3 Å². The third kappa shape index (κ3) is 32.7. The van der Waals surface area contributed by atoms with Gasteiger partial charge in [0.1, 0.15) is 24.7 Å². The van der Waals surface area contributed by atoms with E-state index in [0.717, 1.165) is 17.1 Å². The number of imide groups is 1. The van der Waals surface area contributed by atoms with Crippen molar-refractivity contribution in [3.05, 3.63) is 42.0 Å². The molecule has 0 saturated carbocycles. The van der Waals surface area contributed by atoms with Gasteiger partial charge < -0.3 is 90.7 Å². The normalized spacial score (nSPS) is 13.2. The molecule has 0 aromatic heterocycles. The summed E-state index contributed by atoms with van der Waals surface area (Å²) in [5.41, 5.74) is 6.26. The van der Waals surface area contributed by atoms with E-state index in [1.54, 1.807) is 31.4 Å². The molecule has 8 amide bonds. The van der Waals surface area contributed by atoms with Gasteiger partial charge in [-0.15, -0.1) is 0 Å². The molecule has 2 rings (SSSR count). The van der Waals surface area contributed by atoms with E-state index in [1.165, 1.54) is 0 Å². The first kappa shape index (κ1) is 66.7. The molecular weight excluding hydrogens is 1020 g/mol. The topological polar surface area (TPSA) is 377 Å². The fourth-order valence-corrected chi connectivity index (χ4v) is 6.53. The molecule has 0 aliphatic carbocycles. The van der Waals surface area contributed by atoms with Crippen LogP contribution in [0, 0.1) is 11.3 Å². The summed E-state index contributed by atoms with van der Waals surface area (Å²) in [7, 11) is 1.62. The number of alkyl carbamates (subject to hydrolysis) is 1. The van der Waals surface area contributed by atoms with Gasteiger partial charge in [-0.25, -0.2) is 4.79 Å². The number of benzene rings is 1. The van der Waals surface area contributed by atoms with Crippen LogP contribution in [0.1, 0.15) is 45.1 Å². The fourth-order valence-electron chi connectivity index (χ4n) is 6.53. The van der Waals surface area contributed by atoms with Crippen molar-refractivity contribution >= 4 is 59.1 Å². The van der Waals surface area contributed by atoms with Crippen molar-refractivity contribution in [1.82, 2.24) is 36.8 Å². The van der Waals surface area contributed by atoms with Gasteiger partial charge in [-0.1, -0.05) is 26.0 Å². The summed E-state index contributed by atoms with van der Waals surface area (Å²) in [5.74, 6) is -4.81. The highest BCUT2D eigenvalue weighted by Gasteiger charge is 2.28. The maximum Gasteiger partial charge on any atom is 0.407 e. The van der Waals surface area contributed by atoms with E-state index in [2.05, 4.69) is 37.2 Å². The number of rotatable bonds is 45. The van der Waals surface area contributed by atoms with E-state index in [-0.39, 0.29) is 77.2 Å². The maximum atomic E-state index is 13.4. The molecule has 28 heteroatoms.